The number of nitrogens with two attached hydrogens (primary N) is 1. The van der Waals surface area contributed by atoms with Crippen molar-refractivity contribution in [3.8, 4) is 0 Å². The van der Waals surface area contributed by atoms with Gasteiger partial charge < -0.3 is 11.1 Å². The molecule has 0 fully saturated rings. The van der Waals surface area contributed by atoms with Gasteiger partial charge in [-0.1, -0.05) is 12.1 Å². The van der Waals surface area contributed by atoms with Crippen molar-refractivity contribution in [3.05, 3.63) is 48.3 Å². The fraction of sp³-hybridized carbons (Fsp3) is 0.143. The Morgan fingerprint density at radius 1 is 1.10 bits per heavy atom. The van der Waals surface area contributed by atoms with Crippen LogP contribution in [-0.2, 0) is 10.0 Å². The molecule has 0 saturated carbocycles. The van der Waals surface area contributed by atoms with E-state index < -0.39 is 15.8 Å². The van der Waals surface area contributed by atoms with E-state index in [9.17, 15) is 12.8 Å². The molecular formula is C14H16FN3O2S. The first-order valence-electron chi connectivity index (χ1n) is 6.16. The molecule has 2 rings (SSSR count). The summed E-state index contributed by atoms with van der Waals surface area (Å²) < 4.78 is 38.9. The van der Waals surface area contributed by atoms with Crippen molar-refractivity contribution >= 4 is 27.1 Å². The third-order valence-electron chi connectivity index (χ3n) is 2.95. The van der Waals surface area contributed by atoms with Gasteiger partial charge in [0, 0.05) is 14.1 Å². The van der Waals surface area contributed by atoms with Crippen molar-refractivity contribution in [2.45, 2.75) is 4.90 Å². The molecule has 0 aromatic heterocycles. The largest absolute Gasteiger partial charge is 0.397 e. The van der Waals surface area contributed by atoms with Crippen molar-refractivity contribution in [3.63, 3.8) is 0 Å². The zero-order valence-corrected chi connectivity index (χ0v) is 12.5. The van der Waals surface area contributed by atoms with Crippen LogP contribution in [0.4, 0.5) is 21.5 Å². The van der Waals surface area contributed by atoms with Crippen LogP contribution < -0.4 is 11.1 Å². The van der Waals surface area contributed by atoms with Crippen molar-refractivity contribution in [1.82, 2.24) is 4.31 Å². The van der Waals surface area contributed by atoms with Gasteiger partial charge in [-0.25, -0.2) is 17.1 Å². The average Bonchev–Trinajstić information content (AvgIpc) is 2.43. The number of benzene rings is 2. The van der Waals surface area contributed by atoms with E-state index in [1.54, 1.807) is 18.2 Å². The number of hydrogen-bond acceptors (Lipinski definition) is 4. The lowest BCUT2D eigenvalue weighted by Gasteiger charge is -2.15. The second kappa shape index (κ2) is 5.71. The molecule has 5 nitrogen and oxygen atoms in total. The van der Waals surface area contributed by atoms with Crippen molar-refractivity contribution in [2.24, 2.45) is 0 Å². The Labute approximate surface area is 123 Å². The Morgan fingerprint density at radius 3 is 2.38 bits per heavy atom. The van der Waals surface area contributed by atoms with E-state index in [0.29, 0.717) is 11.4 Å². The molecule has 0 aliphatic carbocycles. The molecular weight excluding hydrogens is 293 g/mol. The number of para-hydroxylation sites is 1. The fourth-order valence-corrected chi connectivity index (χ4v) is 2.65. The number of nitrogen functional groups attached to an aromatic ring is 1. The molecule has 112 valence electrons. The maximum Gasteiger partial charge on any atom is 0.242 e. The minimum Gasteiger partial charge on any atom is -0.397 e. The Balaban J connectivity index is 2.44. The summed E-state index contributed by atoms with van der Waals surface area (Å²) in [6, 6.07) is 10.4. The van der Waals surface area contributed by atoms with Crippen molar-refractivity contribution in [1.29, 1.82) is 0 Å². The number of halogens is 1. The summed E-state index contributed by atoms with van der Waals surface area (Å²) in [6.07, 6.45) is 0. The van der Waals surface area contributed by atoms with Gasteiger partial charge in [-0.2, -0.15) is 0 Å². The molecule has 2 aromatic rings. The molecule has 0 atom stereocenters. The van der Waals surface area contributed by atoms with Crippen LogP contribution in [0.5, 0.6) is 0 Å². The third kappa shape index (κ3) is 3.14. The lowest BCUT2D eigenvalue weighted by molar-refractivity contribution is 0.521. The number of hydrogen-bond donors (Lipinski definition) is 2. The van der Waals surface area contributed by atoms with Gasteiger partial charge in [0.25, 0.3) is 0 Å². The van der Waals surface area contributed by atoms with Gasteiger partial charge in [-0.15, -0.1) is 0 Å². The zero-order chi connectivity index (χ0) is 15.6. The lowest BCUT2D eigenvalue weighted by atomic mass is 10.2. The molecule has 3 N–H and O–H groups in total. The van der Waals surface area contributed by atoms with Gasteiger partial charge in [-0.05, 0) is 30.3 Å². The Kier molecular flexibility index (Phi) is 4.15. The standard InChI is InChI=1S/C14H16FN3O2S/c1-18(2)21(19,20)10-7-8-12(16)14(9-10)17-13-6-4-3-5-11(13)15/h3-9,17H,16H2,1-2H3. The molecule has 0 heterocycles. The Bertz CT molecular complexity index is 761. The fourth-order valence-electron chi connectivity index (χ4n) is 1.72. The van der Waals surface area contributed by atoms with Crippen LogP contribution in [0, 0.1) is 5.82 Å². The summed E-state index contributed by atoms with van der Waals surface area (Å²) in [5.74, 6) is -0.447. The molecule has 0 amide bonds. The quantitative estimate of drug-likeness (QED) is 0.850. The highest BCUT2D eigenvalue weighted by molar-refractivity contribution is 7.89. The molecule has 0 bridgehead atoms. The Morgan fingerprint density at radius 2 is 1.76 bits per heavy atom. The van der Waals surface area contributed by atoms with E-state index in [1.165, 1.54) is 38.4 Å². The molecule has 0 aliphatic rings. The second-order valence-corrected chi connectivity index (χ2v) is 6.79. The molecule has 7 heteroatoms. The van der Waals surface area contributed by atoms with Crippen molar-refractivity contribution in [2.75, 3.05) is 25.1 Å². The zero-order valence-electron chi connectivity index (χ0n) is 11.7. The van der Waals surface area contributed by atoms with Gasteiger partial charge in [0.15, 0.2) is 0 Å². The number of nitrogens with one attached hydrogen (secondary N) is 1. The maximum atomic E-state index is 13.6. The summed E-state index contributed by atoms with van der Waals surface area (Å²) in [5, 5.41) is 2.81. The van der Waals surface area contributed by atoms with Crippen LogP contribution in [0.15, 0.2) is 47.4 Å². The molecule has 21 heavy (non-hydrogen) atoms. The molecule has 0 aliphatic heterocycles. The van der Waals surface area contributed by atoms with E-state index >= 15 is 0 Å². The van der Waals surface area contributed by atoms with Gasteiger partial charge in [0.1, 0.15) is 5.82 Å². The lowest BCUT2D eigenvalue weighted by Crippen LogP contribution is -2.22. The van der Waals surface area contributed by atoms with E-state index in [2.05, 4.69) is 5.32 Å². The summed E-state index contributed by atoms with van der Waals surface area (Å²) in [6.45, 7) is 0. The smallest absolute Gasteiger partial charge is 0.242 e. The highest BCUT2D eigenvalue weighted by Gasteiger charge is 2.18. The van der Waals surface area contributed by atoms with E-state index in [4.69, 9.17) is 5.73 Å². The van der Waals surface area contributed by atoms with Crippen LogP contribution in [0.3, 0.4) is 0 Å². The number of nitrogens with zero attached hydrogens (tertiary/aromatic N) is 1. The molecule has 2 aromatic carbocycles. The molecule has 0 radical (unpaired) electrons. The average molecular weight is 309 g/mol. The highest BCUT2D eigenvalue weighted by Crippen LogP contribution is 2.28. The first-order chi connectivity index (χ1) is 9.82. The molecule has 0 spiro atoms. The minimum absolute atomic E-state index is 0.0838. The molecule has 0 unspecified atom stereocenters. The predicted octanol–water partition coefficient (Wildman–Crippen LogP) is 2.40. The van der Waals surface area contributed by atoms with Crippen LogP contribution in [0.2, 0.25) is 0 Å². The normalized spacial score (nSPS) is 11.6. The number of rotatable bonds is 4. The van der Waals surface area contributed by atoms with E-state index in [0.717, 1.165) is 4.31 Å². The van der Waals surface area contributed by atoms with Gasteiger partial charge >= 0.3 is 0 Å². The summed E-state index contributed by atoms with van der Waals surface area (Å²) in [5.41, 5.74) is 6.70. The van der Waals surface area contributed by atoms with Crippen LogP contribution >= 0.6 is 0 Å². The monoisotopic (exact) mass is 309 g/mol. The first kappa shape index (κ1) is 15.3. The van der Waals surface area contributed by atoms with Crippen LogP contribution in [-0.4, -0.2) is 26.8 Å². The summed E-state index contributed by atoms with van der Waals surface area (Å²) in [7, 11) is -0.694. The predicted molar refractivity (Wildman–Crippen MR) is 81.4 cm³/mol. The first-order valence-corrected chi connectivity index (χ1v) is 7.60. The van der Waals surface area contributed by atoms with E-state index in [1.807, 2.05) is 0 Å². The van der Waals surface area contributed by atoms with Crippen LogP contribution in [0.25, 0.3) is 0 Å². The summed E-state index contributed by atoms with van der Waals surface area (Å²) >= 11 is 0. The topological polar surface area (TPSA) is 75.4 Å². The highest BCUT2D eigenvalue weighted by atomic mass is 32.2. The third-order valence-corrected chi connectivity index (χ3v) is 4.76. The molecule has 0 saturated heterocycles. The van der Waals surface area contributed by atoms with Gasteiger partial charge in [0.05, 0.1) is 22.0 Å². The summed E-state index contributed by atoms with van der Waals surface area (Å²) in [4.78, 5) is 0.0838. The SMILES string of the molecule is CN(C)S(=O)(=O)c1ccc(N)c(Nc2ccccc2F)c1. The Hall–Kier alpha value is -2.12. The van der Waals surface area contributed by atoms with Gasteiger partial charge in [-0.3, -0.25) is 0 Å². The van der Waals surface area contributed by atoms with Gasteiger partial charge in [0.2, 0.25) is 10.0 Å². The number of sulfonamides is 1. The van der Waals surface area contributed by atoms with Crippen molar-refractivity contribution < 1.29 is 12.8 Å². The number of anilines is 3. The second-order valence-electron chi connectivity index (χ2n) is 4.64. The minimum atomic E-state index is -3.57. The maximum absolute atomic E-state index is 13.6. The van der Waals surface area contributed by atoms with Crippen LogP contribution in [0.1, 0.15) is 0 Å². The van der Waals surface area contributed by atoms with E-state index in [-0.39, 0.29) is 10.6 Å².